The normalized spacial score (nSPS) is 15.4. The molecule has 0 spiro atoms. The number of anilines is 1. The maximum atomic E-state index is 14.8. The second kappa shape index (κ2) is 14.4. The summed E-state index contributed by atoms with van der Waals surface area (Å²) in [7, 11) is -0.812. The van der Waals surface area contributed by atoms with Crippen LogP contribution in [0.4, 0.5) is 5.69 Å². The average Bonchev–Trinajstić information content (AvgIpc) is 3.09. The number of aryl methyl sites for hydroxylation is 3. The molecule has 0 N–H and O–H groups in total. The van der Waals surface area contributed by atoms with E-state index in [0.717, 1.165) is 39.9 Å². The quantitative estimate of drug-likeness (QED) is 0.200. The van der Waals surface area contributed by atoms with Gasteiger partial charge in [0.1, 0.15) is 17.5 Å². The summed E-state index contributed by atoms with van der Waals surface area (Å²) in [6.07, 6.45) is 0.803. The smallest absolute Gasteiger partial charge is 0.243 e. The molecule has 1 unspecified atom stereocenters. The van der Waals surface area contributed by atoms with E-state index in [4.69, 9.17) is 9.47 Å². The van der Waals surface area contributed by atoms with Crippen molar-refractivity contribution in [3.8, 4) is 11.5 Å². The Bertz CT molecular complexity index is 1670. The lowest BCUT2D eigenvalue weighted by Crippen LogP contribution is -2.61. The Morgan fingerprint density at radius 2 is 1.26 bits per heavy atom. The van der Waals surface area contributed by atoms with Crippen LogP contribution in [0.25, 0.3) is 0 Å². The number of hydrogen-bond donors (Lipinski definition) is 0. The first-order chi connectivity index (χ1) is 22.1. The van der Waals surface area contributed by atoms with Crippen LogP contribution in [0.2, 0.25) is 0 Å². The van der Waals surface area contributed by atoms with Gasteiger partial charge in [-0.2, -0.15) is 4.31 Å². The molecule has 5 rings (SSSR count). The van der Waals surface area contributed by atoms with Gasteiger partial charge in [-0.15, -0.1) is 0 Å². The lowest BCUT2D eigenvalue weighted by atomic mass is 10.1. The number of ether oxygens (including phenoxy) is 2. The third-order valence-corrected chi connectivity index (χ3v) is 10.5. The van der Waals surface area contributed by atoms with Crippen molar-refractivity contribution in [3.63, 3.8) is 0 Å². The topological polar surface area (TPSA) is 79.4 Å². The van der Waals surface area contributed by atoms with Crippen LogP contribution in [0.3, 0.4) is 0 Å². The second-order valence-electron chi connectivity index (χ2n) is 11.8. The lowest BCUT2D eigenvalue weighted by molar-refractivity contribution is -0.136. The third kappa shape index (κ3) is 7.54. The van der Waals surface area contributed by atoms with Crippen molar-refractivity contribution in [3.05, 3.63) is 119 Å². The molecule has 0 aliphatic carbocycles. The van der Waals surface area contributed by atoms with Crippen molar-refractivity contribution < 1.29 is 22.7 Å². The van der Waals surface area contributed by atoms with E-state index in [-0.39, 0.29) is 23.9 Å². The number of methoxy groups -OCH3 is 2. The number of nitrogens with zero attached hydrogens (tertiary/aromatic N) is 3. The molecule has 8 nitrogen and oxygen atoms in total. The summed E-state index contributed by atoms with van der Waals surface area (Å²) in [4.78, 5) is 18.8. The highest BCUT2D eigenvalue weighted by atomic mass is 32.2. The van der Waals surface area contributed by atoms with E-state index in [1.54, 1.807) is 37.3 Å². The van der Waals surface area contributed by atoms with Gasteiger partial charge in [-0.1, -0.05) is 78.7 Å². The fourth-order valence-corrected chi connectivity index (χ4v) is 7.31. The standard InChI is InChI=1S/C37H43N3O5S/c1-6-29-15-17-35(18-16-29)46(42,43)40-20-19-38(32-21-33(44-4)23-34(22-32)45-5)26-36(40)37(41)39(24-30-11-7-27(2)8-12-30)25-31-13-9-28(3)10-14-31/h7-18,21-23,36H,6,19-20,24-26H2,1-5H3. The first kappa shape index (κ1) is 33.0. The molecule has 1 aliphatic heterocycles. The first-order valence-electron chi connectivity index (χ1n) is 15.6. The van der Waals surface area contributed by atoms with Crippen LogP contribution in [0, 0.1) is 13.8 Å². The number of rotatable bonds is 11. The molecule has 1 fully saturated rings. The molecule has 1 aliphatic rings. The number of hydrogen-bond acceptors (Lipinski definition) is 6. The van der Waals surface area contributed by atoms with Gasteiger partial charge in [0.2, 0.25) is 15.9 Å². The highest BCUT2D eigenvalue weighted by molar-refractivity contribution is 7.89. The molecule has 1 heterocycles. The van der Waals surface area contributed by atoms with E-state index in [1.807, 2.05) is 98.5 Å². The summed E-state index contributed by atoms with van der Waals surface area (Å²) in [5.41, 5.74) is 6.04. The largest absolute Gasteiger partial charge is 0.497 e. The molecule has 1 amide bonds. The summed E-state index contributed by atoms with van der Waals surface area (Å²) in [6.45, 7) is 7.46. The predicted molar refractivity (Wildman–Crippen MR) is 182 cm³/mol. The Hall–Kier alpha value is -4.34. The molecule has 0 radical (unpaired) electrons. The van der Waals surface area contributed by atoms with Gasteiger partial charge in [-0.05, 0) is 49.1 Å². The number of sulfonamides is 1. The van der Waals surface area contributed by atoms with Crippen LogP contribution in [0.15, 0.2) is 95.9 Å². The van der Waals surface area contributed by atoms with Gasteiger partial charge in [0.05, 0.1) is 19.1 Å². The summed E-state index contributed by atoms with van der Waals surface area (Å²) in [6, 6.07) is 27.7. The molecule has 0 bridgehead atoms. The van der Waals surface area contributed by atoms with Crippen LogP contribution < -0.4 is 14.4 Å². The van der Waals surface area contributed by atoms with Crippen molar-refractivity contribution in [1.29, 1.82) is 0 Å². The van der Waals surface area contributed by atoms with Gasteiger partial charge in [0.15, 0.2) is 0 Å². The summed E-state index contributed by atoms with van der Waals surface area (Å²) in [5, 5.41) is 0. The zero-order valence-corrected chi connectivity index (χ0v) is 28.1. The number of carbonyl (C=O) groups is 1. The van der Waals surface area contributed by atoms with E-state index in [1.165, 1.54) is 4.31 Å². The van der Waals surface area contributed by atoms with Gasteiger partial charge >= 0.3 is 0 Å². The summed E-state index contributed by atoms with van der Waals surface area (Å²) >= 11 is 0. The lowest BCUT2D eigenvalue weighted by Gasteiger charge is -2.42. The fourth-order valence-electron chi connectivity index (χ4n) is 5.75. The van der Waals surface area contributed by atoms with Crippen molar-refractivity contribution >= 4 is 21.6 Å². The molecule has 9 heteroatoms. The van der Waals surface area contributed by atoms with Crippen molar-refractivity contribution in [2.45, 2.75) is 51.2 Å². The number of benzene rings is 4. The van der Waals surface area contributed by atoms with Crippen molar-refractivity contribution in [2.75, 3.05) is 38.8 Å². The maximum Gasteiger partial charge on any atom is 0.243 e. The van der Waals surface area contributed by atoms with Gasteiger partial charge in [-0.3, -0.25) is 4.79 Å². The minimum Gasteiger partial charge on any atom is -0.497 e. The van der Waals surface area contributed by atoms with Crippen LogP contribution in [0.5, 0.6) is 11.5 Å². The second-order valence-corrected chi connectivity index (χ2v) is 13.7. The zero-order valence-electron chi connectivity index (χ0n) is 27.3. The molecule has 1 atom stereocenters. The fraction of sp³-hybridized carbons (Fsp3) is 0.324. The number of piperazine rings is 1. The van der Waals surface area contributed by atoms with Crippen LogP contribution in [-0.4, -0.2) is 63.4 Å². The number of carbonyl (C=O) groups excluding carboxylic acids is 1. The molecule has 0 aromatic heterocycles. The van der Waals surface area contributed by atoms with E-state index < -0.39 is 16.1 Å². The van der Waals surface area contributed by atoms with Gasteiger partial charge in [0, 0.05) is 56.6 Å². The molecule has 0 saturated carbocycles. The Morgan fingerprint density at radius 1 is 0.761 bits per heavy atom. The van der Waals surface area contributed by atoms with Crippen molar-refractivity contribution in [2.24, 2.45) is 0 Å². The van der Waals surface area contributed by atoms with E-state index >= 15 is 0 Å². The van der Waals surface area contributed by atoms with Gasteiger partial charge in [0.25, 0.3) is 0 Å². The van der Waals surface area contributed by atoms with Crippen LogP contribution in [0.1, 0.15) is 34.7 Å². The number of amides is 1. The highest BCUT2D eigenvalue weighted by Gasteiger charge is 2.42. The highest BCUT2D eigenvalue weighted by Crippen LogP contribution is 2.32. The first-order valence-corrected chi connectivity index (χ1v) is 17.0. The van der Waals surface area contributed by atoms with E-state index in [9.17, 15) is 13.2 Å². The SMILES string of the molecule is CCc1ccc(S(=O)(=O)N2CCN(c3cc(OC)cc(OC)c3)CC2C(=O)N(Cc2ccc(C)cc2)Cc2ccc(C)cc2)cc1. The van der Waals surface area contributed by atoms with E-state index in [2.05, 4.69) is 0 Å². The predicted octanol–water partition coefficient (Wildman–Crippen LogP) is 5.99. The third-order valence-electron chi connectivity index (χ3n) is 8.56. The minimum atomic E-state index is -3.99. The average molecular weight is 642 g/mol. The zero-order chi connectivity index (χ0) is 32.8. The summed E-state index contributed by atoms with van der Waals surface area (Å²) in [5.74, 6) is 0.974. The Labute approximate surface area is 273 Å². The molecule has 46 heavy (non-hydrogen) atoms. The molecule has 4 aromatic rings. The molecule has 1 saturated heterocycles. The Kier molecular flexibility index (Phi) is 10.3. The van der Waals surface area contributed by atoms with Crippen LogP contribution >= 0.6 is 0 Å². The van der Waals surface area contributed by atoms with Gasteiger partial charge in [-0.25, -0.2) is 8.42 Å². The monoisotopic (exact) mass is 641 g/mol. The Balaban J connectivity index is 1.55. The molecular formula is C37H43N3O5S. The van der Waals surface area contributed by atoms with E-state index in [0.29, 0.717) is 31.1 Å². The summed E-state index contributed by atoms with van der Waals surface area (Å²) < 4.78 is 40.9. The Morgan fingerprint density at radius 3 is 1.74 bits per heavy atom. The maximum absolute atomic E-state index is 14.8. The molecular weight excluding hydrogens is 598 g/mol. The molecule has 4 aromatic carbocycles. The van der Waals surface area contributed by atoms with Crippen molar-refractivity contribution in [1.82, 2.24) is 9.21 Å². The van der Waals surface area contributed by atoms with Crippen LogP contribution in [-0.2, 0) is 34.3 Å². The molecule has 242 valence electrons. The van der Waals surface area contributed by atoms with Gasteiger partial charge < -0.3 is 19.3 Å². The minimum absolute atomic E-state index is 0.136.